The van der Waals surface area contributed by atoms with Crippen LogP contribution in [0.25, 0.3) is 0 Å². The highest BCUT2D eigenvalue weighted by Gasteiger charge is 2.03. The van der Waals surface area contributed by atoms with Crippen LogP contribution in [-0.4, -0.2) is 0 Å². The van der Waals surface area contributed by atoms with Crippen LogP contribution in [0.1, 0.15) is 55.6 Å². The van der Waals surface area contributed by atoms with E-state index in [0.717, 1.165) is 35.1 Å². The minimum atomic E-state index is 0.918. The third-order valence-electron chi connectivity index (χ3n) is 6.65. The SMILES string of the molecule is Cc1cc(Cc2ccc(Cc3ccc(C#Cc4ccccc4)c(C)c3)cc2)ccc1C#Cc1ccccc1. The van der Waals surface area contributed by atoms with Crippen LogP contribution in [0.2, 0.25) is 0 Å². The predicted molar refractivity (Wildman–Crippen MR) is 159 cm³/mol. The lowest BCUT2D eigenvalue weighted by Gasteiger charge is -2.08. The molecule has 5 aromatic rings. The molecule has 0 spiro atoms. The molecule has 0 saturated carbocycles. The Morgan fingerprint density at radius 3 is 1.13 bits per heavy atom. The quantitative estimate of drug-likeness (QED) is 0.224. The highest BCUT2D eigenvalue weighted by molar-refractivity contribution is 5.49. The van der Waals surface area contributed by atoms with E-state index in [0.29, 0.717) is 0 Å². The zero-order valence-electron chi connectivity index (χ0n) is 22.0. The van der Waals surface area contributed by atoms with Gasteiger partial charge in [0, 0.05) is 22.3 Å². The highest BCUT2D eigenvalue weighted by atomic mass is 14.1. The molecule has 0 heterocycles. The van der Waals surface area contributed by atoms with Gasteiger partial charge in [-0.15, -0.1) is 0 Å². The summed E-state index contributed by atoms with van der Waals surface area (Å²) in [6.45, 7) is 4.28. The van der Waals surface area contributed by atoms with Gasteiger partial charge in [-0.2, -0.15) is 0 Å². The smallest absolute Gasteiger partial charge is 0.0278 e. The zero-order chi connectivity index (χ0) is 26.2. The Hall–Kier alpha value is -4.78. The maximum absolute atomic E-state index is 3.32. The molecule has 0 saturated heterocycles. The fourth-order valence-corrected chi connectivity index (χ4v) is 4.52. The Balaban J connectivity index is 1.21. The number of aryl methyl sites for hydroxylation is 2. The van der Waals surface area contributed by atoms with Crippen LogP contribution in [0.3, 0.4) is 0 Å². The molecule has 38 heavy (non-hydrogen) atoms. The maximum atomic E-state index is 3.32. The first-order chi connectivity index (χ1) is 18.6. The van der Waals surface area contributed by atoms with Gasteiger partial charge in [-0.3, -0.25) is 0 Å². The summed E-state index contributed by atoms with van der Waals surface area (Å²) < 4.78 is 0. The van der Waals surface area contributed by atoms with Crippen molar-refractivity contribution in [2.45, 2.75) is 26.7 Å². The molecule has 0 unspecified atom stereocenters. The second-order valence-electron chi connectivity index (χ2n) is 9.70. The fraction of sp³-hybridized carbons (Fsp3) is 0.105. The zero-order valence-corrected chi connectivity index (χ0v) is 22.0. The molecule has 0 aliphatic rings. The summed E-state index contributed by atoms with van der Waals surface area (Å²) in [7, 11) is 0. The molecular formula is C38H30. The van der Waals surface area contributed by atoms with Crippen LogP contribution in [0.5, 0.6) is 0 Å². The molecule has 0 aliphatic heterocycles. The molecule has 0 bridgehead atoms. The van der Waals surface area contributed by atoms with E-state index in [1.807, 2.05) is 60.7 Å². The molecule has 0 fully saturated rings. The Bertz CT molecular complexity index is 1520. The van der Waals surface area contributed by atoms with Crippen molar-refractivity contribution in [3.63, 3.8) is 0 Å². The fourth-order valence-electron chi connectivity index (χ4n) is 4.52. The molecule has 182 valence electrons. The second kappa shape index (κ2) is 12.0. The first-order valence-corrected chi connectivity index (χ1v) is 13.0. The normalized spacial score (nSPS) is 10.2. The van der Waals surface area contributed by atoms with Crippen molar-refractivity contribution in [2.75, 3.05) is 0 Å². The minimum absolute atomic E-state index is 0.918. The van der Waals surface area contributed by atoms with E-state index in [1.165, 1.54) is 33.4 Å². The molecule has 0 N–H and O–H groups in total. The minimum Gasteiger partial charge on any atom is -0.0622 e. The second-order valence-corrected chi connectivity index (χ2v) is 9.70. The van der Waals surface area contributed by atoms with Crippen LogP contribution < -0.4 is 0 Å². The van der Waals surface area contributed by atoms with Crippen molar-refractivity contribution < 1.29 is 0 Å². The topological polar surface area (TPSA) is 0 Å². The van der Waals surface area contributed by atoms with E-state index in [4.69, 9.17) is 0 Å². The van der Waals surface area contributed by atoms with Gasteiger partial charge in [0.25, 0.3) is 0 Å². The van der Waals surface area contributed by atoms with Crippen molar-refractivity contribution in [1.82, 2.24) is 0 Å². The molecule has 0 aromatic heterocycles. The van der Waals surface area contributed by atoms with Gasteiger partial charge in [-0.05, 0) is 96.5 Å². The van der Waals surface area contributed by atoms with Gasteiger partial charge in [-0.1, -0.05) is 109 Å². The summed E-state index contributed by atoms with van der Waals surface area (Å²) in [4.78, 5) is 0. The Kier molecular flexibility index (Phi) is 7.84. The highest BCUT2D eigenvalue weighted by Crippen LogP contribution is 2.18. The lowest BCUT2D eigenvalue weighted by molar-refractivity contribution is 1.14. The molecule has 0 radical (unpaired) electrons. The van der Waals surface area contributed by atoms with E-state index in [9.17, 15) is 0 Å². The summed E-state index contributed by atoms with van der Waals surface area (Å²) in [5.41, 5.74) is 11.9. The van der Waals surface area contributed by atoms with Crippen LogP contribution >= 0.6 is 0 Å². The molecule has 0 amide bonds. The molecule has 5 aromatic carbocycles. The molecule has 0 nitrogen and oxygen atoms in total. The van der Waals surface area contributed by atoms with E-state index >= 15 is 0 Å². The van der Waals surface area contributed by atoms with Gasteiger partial charge < -0.3 is 0 Å². The molecular weight excluding hydrogens is 456 g/mol. The Morgan fingerprint density at radius 1 is 0.395 bits per heavy atom. The predicted octanol–water partition coefficient (Wildman–Crippen LogP) is 8.28. The first-order valence-electron chi connectivity index (χ1n) is 13.0. The summed E-state index contributed by atoms with van der Waals surface area (Å²) in [5.74, 6) is 13.2. The molecule has 0 atom stereocenters. The lowest BCUT2D eigenvalue weighted by atomic mass is 9.97. The van der Waals surface area contributed by atoms with Gasteiger partial charge in [0.2, 0.25) is 0 Å². The molecule has 0 heteroatoms. The van der Waals surface area contributed by atoms with Crippen LogP contribution in [-0.2, 0) is 12.8 Å². The number of rotatable bonds is 4. The van der Waals surface area contributed by atoms with E-state index in [1.54, 1.807) is 0 Å². The molecule has 0 aliphatic carbocycles. The average Bonchev–Trinajstić information content (AvgIpc) is 2.94. The van der Waals surface area contributed by atoms with Crippen molar-refractivity contribution in [2.24, 2.45) is 0 Å². The summed E-state index contributed by atoms with van der Waals surface area (Å²) in [6.07, 6.45) is 1.84. The number of benzene rings is 5. The van der Waals surface area contributed by atoms with Gasteiger partial charge in [0.1, 0.15) is 0 Å². The maximum Gasteiger partial charge on any atom is 0.0278 e. The van der Waals surface area contributed by atoms with Crippen LogP contribution in [0.4, 0.5) is 0 Å². The van der Waals surface area contributed by atoms with Gasteiger partial charge in [-0.25, -0.2) is 0 Å². The summed E-state index contributed by atoms with van der Waals surface area (Å²) in [6, 6.07) is 42.5. The van der Waals surface area contributed by atoms with E-state index < -0.39 is 0 Å². The number of hydrogen-bond donors (Lipinski definition) is 0. The van der Waals surface area contributed by atoms with Crippen LogP contribution in [0.15, 0.2) is 121 Å². The Morgan fingerprint density at radius 2 is 0.763 bits per heavy atom. The van der Waals surface area contributed by atoms with Crippen molar-refractivity contribution >= 4 is 0 Å². The largest absolute Gasteiger partial charge is 0.0622 e. The summed E-state index contributed by atoms with van der Waals surface area (Å²) in [5, 5.41) is 0. The van der Waals surface area contributed by atoms with Gasteiger partial charge in [0.05, 0.1) is 0 Å². The monoisotopic (exact) mass is 486 g/mol. The van der Waals surface area contributed by atoms with Crippen molar-refractivity contribution in [3.8, 4) is 23.7 Å². The third-order valence-corrected chi connectivity index (χ3v) is 6.65. The molecule has 5 rings (SSSR count). The van der Waals surface area contributed by atoms with Crippen molar-refractivity contribution in [3.05, 3.63) is 177 Å². The van der Waals surface area contributed by atoms with Crippen molar-refractivity contribution in [1.29, 1.82) is 0 Å². The Labute approximate surface area is 227 Å². The average molecular weight is 487 g/mol. The van der Waals surface area contributed by atoms with Crippen LogP contribution in [0, 0.1) is 37.5 Å². The summed E-state index contributed by atoms with van der Waals surface area (Å²) >= 11 is 0. The van der Waals surface area contributed by atoms with Gasteiger partial charge in [0.15, 0.2) is 0 Å². The number of hydrogen-bond acceptors (Lipinski definition) is 0. The third kappa shape index (κ3) is 6.70. The van der Waals surface area contributed by atoms with E-state index in [-0.39, 0.29) is 0 Å². The van der Waals surface area contributed by atoms with E-state index in [2.05, 4.69) is 98.2 Å². The standard InChI is InChI=1S/C38H30/c1-29-25-35(19-23-37(29)21-17-31-9-5-3-6-10-31)27-33-13-15-34(16-14-33)28-36-20-24-38(30(2)26-36)22-18-32-11-7-4-8-12-32/h3-16,19-20,23-26H,27-28H2,1-2H3. The first kappa shape index (κ1) is 24.9. The van der Waals surface area contributed by atoms with Gasteiger partial charge >= 0.3 is 0 Å². The lowest BCUT2D eigenvalue weighted by Crippen LogP contribution is -1.94.